The van der Waals surface area contributed by atoms with Crippen LogP contribution in [-0.2, 0) is 0 Å². The Kier molecular flexibility index (Phi) is 2.38. The van der Waals surface area contributed by atoms with Crippen molar-refractivity contribution in [2.75, 3.05) is 0 Å². The zero-order valence-electron chi connectivity index (χ0n) is 11.2. The van der Waals surface area contributed by atoms with Gasteiger partial charge in [0.2, 0.25) is 0 Å². The van der Waals surface area contributed by atoms with Crippen LogP contribution in [0.15, 0.2) is 47.8 Å². The number of benzene rings is 1. The molecule has 0 atom stereocenters. The molecule has 0 radical (unpaired) electrons. The highest BCUT2D eigenvalue weighted by Crippen LogP contribution is 2.21. The summed E-state index contributed by atoms with van der Waals surface area (Å²) in [6, 6.07) is 5.96. The summed E-state index contributed by atoms with van der Waals surface area (Å²) >= 11 is 0. The molecular weight excluding hydrogens is 266 g/mol. The number of hydrogen-bond acceptors (Lipinski definition) is 4. The zero-order valence-corrected chi connectivity index (χ0v) is 11.2. The van der Waals surface area contributed by atoms with Crippen LogP contribution in [0.3, 0.4) is 0 Å². The van der Waals surface area contributed by atoms with Crippen molar-refractivity contribution in [1.82, 2.24) is 24.7 Å². The number of hydrogen-bond donors (Lipinski definition) is 1. The molecule has 0 unspecified atom stereocenters. The lowest BCUT2D eigenvalue weighted by Crippen LogP contribution is -2.15. The molecule has 6 nitrogen and oxygen atoms in total. The average Bonchev–Trinajstić information content (AvgIpc) is 2.85. The van der Waals surface area contributed by atoms with Crippen LogP contribution in [0.1, 0.15) is 5.56 Å². The average molecular weight is 277 g/mol. The van der Waals surface area contributed by atoms with Gasteiger partial charge in [0, 0.05) is 24.0 Å². The number of rotatable bonds is 1. The fourth-order valence-electron chi connectivity index (χ4n) is 2.44. The van der Waals surface area contributed by atoms with Crippen LogP contribution in [0, 0.1) is 6.92 Å². The number of nitrogens with one attached hydrogen (secondary N) is 1. The van der Waals surface area contributed by atoms with Gasteiger partial charge in [0.25, 0.3) is 5.56 Å². The van der Waals surface area contributed by atoms with E-state index < -0.39 is 0 Å². The lowest BCUT2D eigenvalue weighted by atomic mass is 10.1. The largest absolute Gasteiger partial charge is 0.288 e. The maximum atomic E-state index is 12.5. The topological polar surface area (TPSA) is 76.5 Å². The molecule has 3 aromatic heterocycles. The van der Waals surface area contributed by atoms with Crippen LogP contribution in [0.4, 0.5) is 0 Å². The quantitative estimate of drug-likeness (QED) is 0.577. The van der Waals surface area contributed by atoms with E-state index in [0.717, 1.165) is 22.0 Å². The third-order valence-electron chi connectivity index (χ3n) is 3.46. The van der Waals surface area contributed by atoms with E-state index in [1.807, 2.05) is 25.1 Å². The molecule has 0 aliphatic rings. The number of aromatic nitrogens is 5. The lowest BCUT2D eigenvalue weighted by Gasteiger charge is -2.00. The summed E-state index contributed by atoms with van der Waals surface area (Å²) in [7, 11) is 0. The summed E-state index contributed by atoms with van der Waals surface area (Å²) in [5.74, 6) is 0.457. The minimum Gasteiger partial charge on any atom is -0.288 e. The third-order valence-corrected chi connectivity index (χ3v) is 3.46. The summed E-state index contributed by atoms with van der Waals surface area (Å²) in [6.07, 6.45) is 6.25. The van der Waals surface area contributed by atoms with Crippen molar-refractivity contribution in [3.8, 4) is 5.82 Å². The Bertz CT molecular complexity index is 1020. The van der Waals surface area contributed by atoms with Gasteiger partial charge in [-0.25, -0.2) is 4.98 Å². The minimum absolute atomic E-state index is 0.180. The Morgan fingerprint density at radius 1 is 1.10 bits per heavy atom. The SMILES string of the molecule is Cc1ccc2c(c1)ncc1c(=O)n(-c3cnccn3)[nH]c12. The van der Waals surface area contributed by atoms with Crippen LogP contribution in [0.2, 0.25) is 0 Å². The maximum absolute atomic E-state index is 12.5. The second-order valence-corrected chi connectivity index (χ2v) is 4.88. The van der Waals surface area contributed by atoms with Crippen LogP contribution >= 0.6 is 0 Å². The molecule has 0 saturated heterocycles. The summed E-state index contributed by atoms with van der Waals surface area (Å²) < 4.78 is 1.39. The van der Waals surface area contributed by atoms with E-state index in [4.69, 9.17) is 0 Å². The van der Waals surface area contributed by atoms with Gasteiger partial charge >= 0.3 is 0 Å². The number of fused-ring (bicyclic) bond motifs is 3. The predicted molar refractivity (Wildman–Crippen MR) is 79.5 cm³/mol. The first-order chi connectivity index (χ1) is 10.2. The Morgan fingerprint density at radius 2 is 2.00 bits per heavy atom. The summed E-state index contributed by atoms with van der Waals surface area (Å²) in [4.78, 5) is 25.0. The number of H-pyrrole nitrogens is 1. The molecule has 4 rings (SSSR count). The fourth-order valence-corrected chi connectivity index (χ4v) is 2.44. The van der Waals surface area contributed by atoms with Crippen LogP contribution in [-0.4, -0.2) is 24.7 Å². The second kappa shape index (κ2) is 4.24. The van der Waals surface area contributed by atoms with Gasteiger partial charge in [-0.05, 0) is 18.6 Å². The highest BCUT2D eigenvalue weighted by Gasteiger charge is 2.12. The van der Waals surface area contributed by atoms with Gasteiger partial charge in [-0.1, -0.05) is 12.1 Å². The first-order valence-corrected chi connectivity index (χ1v) is 6.50. The first-order valence-electron chi connectivity index (χ1n) is 6.50. The molecule has 4 aromatic rings. The Hall–Kier alpha value is -3.02. The molecule has 3 heterocycles. The normalized spacial score (nSPS) is 11.3. The summed E-state index contributed by atoms with van der Waals surface area (Å²) in [5.41, 5.74) is 2.57. The van der Waals surface area contributed by atoms with Crippen molar-refractivity contribution in [2.24, 2.45) is 0 Å². The smallest absolute Gasteiger partial charge is 0.282 e. The van der Waals surface area contributed by atoms with Crippen molar-refractivity contribution in [3.63, 3.8) is 0 Å². The molecule has 0 amide bonds. The molecule has 1 N–H and O–H groups in total. The van der Waals surface area contributed by atoms with Crippen molar-refractivity contribution >= 4 is 21.8 Å². The lowest BCUT2D eigenvalue weighted by molar-refractivity contribution is 0.823. The van der Waals surface area contributed by atoms with Crippen molar-refractivity contribution in [2.45, 2.75) is 6.92 Å². The molecule has 1 aromatic carbocycles. The monoisotopic (exact) mass is 277 g/mol. The Labute approximate surface area is 119 Å². The number of nitrogens with zero attached hydrogens (tertiary/aromatic N) is 4. The van der Waals surface area contributed by atoms with Crippen LogP contribution < -0.4 is 5.56 Å². The van der Waals surface area contributed by atoms with Gasteiger partial charge in [-0.3, -0.25) is 19.9 Å². The highest BCUT2D eigenvalue weighted by atomic mass is 16.1. The number of aryl methyl sites for hydroxylation is 1. The van der Waals surface area contributed by atoms with E-state index >= 15 is 0 Å². The van der Waals surface area contributed by atoms with Gasteiger partial charge in [0.1, 0.15) is 0 Å². The van der Waals surface area contributed by atoms with E-state index in [2.05, 4.69) is 20.1 Å². The number of aromatic amines is 1. The molecule has 6 heteroatoms. The number of pyridine rings is 1. The molecule has 0 aliphatic carbocycles. The van der Waals surface area contributed by atoms with Crippen LogP contribution in [0.5, 0.6) is 0 Å². The maximum Gasteiger partial charge on any atom is 0.282 e. The summed E-state index contributed by atoms with van der Waals surface area (Å²) in [6.45, 7) is 2.01. The van der Waals surface area contributed by atoms with E-state index in [-0.39, 0.29) is 5.56 Å². The van der Waals surface area contributed by atoms with Gasteiger partial charge in [0.05, 0.1) is 22.6 Å². The molecular formula is C15H11N5O. The van der Waals surface area contributed by atoms with E-state index in [1.165, 1.54) is 10.9 Å². The Morgan fingerprint density at radius 3 is 2.81 bits per heavy atom. The Balaban J connectivity index is 2.11. The fraction of sp³-hybridized carbons (Fsp3) is 0.0667. The molecule has 0 aliphatic heterocycles. The first kappa shape index (κ1) is 11.8. The van der Waals surface area contributed by atoms with Gasteiger partial charge in [-0.2, -0.15) is 4.68 Å². The van der Waals surface area contributed by atoms with Crippen molar-refractivity contribution in [3.05, 3.63) is 58.9 Å². The highest BCUT2D eigenvalue weighted by molar-refractivity contribution is 6.02. The molecule has 0 fully saturated rings. The molecule has 102 valence electrons. The summed E-state index contributed by atoms with van der Waals surface area (Å²) in [5, 5.41) is 4.56. The van der Waals surface area contributed by atoms with Gasteiger partial charge < -0.3 is 0 Å². The molecule has 0 spiro atoms. The molecule has 0 saturated carbocycles. The standard InChI is InChI=1S/C15H11N5O/c1-9-2-3-10-12(6-9)18-7-11-14(10)19-20(15(11)21)13-8-16-4-5-17-13/h2-8,19H,1H3. The van der Waals surface area contributed by atoms with Gasteiger partial charge in [0.15, 0.2) is 5.82 Å². The second-order valence-electron chi connectivity index (χ2n) is 4.88. The van der Waals surface area contributed by atoms with Crippen LogP contribution in [0.25, 0.3) is 27.6 Å². The zero-order chi connectivity index (χ0) is 14.4. The van der Waals surface area contributed by atoms with Crippen molar-refractivity contribution < 1.29 is 0 Å². The van der Waals surface area contributed by atoms with E-state index in [1.54, 1.807) is 18.6 Å². The molecule has 0 bridgehead atoms. The third kappa shape index (κ3) is 1.73. The molecule has 21 heavy (non-hydrogen) atoms. The van der Waals surface area contributed by atoms with E-state index in [0.29, 0.717) is 11.2 Å². The van der Waals surface area contributed by atoms with Gasteiger partial charge in [-0.15, -0.1) is 0 Å². The minimum atomic E-state index is -0.180. The van der Waals surface area contributed by atoms with Crippen molar-refractivity contribution in [1.29, 1.82) is 0 Å². The predicted octanol–water partition coefficient (Wildman–Crippen LogP) is 1.97. The van der Waals surface area contributed by atoms with E-state index in [9.17, 15) is 4.79 Å².